The summed E-state index contributed by atoms with van der Waals surface area (Å²) in [6, 6.07) is 12.1. The van der Waals surface area contributed by atoms with Gasteiger partial charge >= 0.3 is 17.9 Å². The van der Waals surface area contributed by atoms with Crippen LogP contribution in [0, 0.1) is 0 Å². The van der Waals surface area contributed by atoms with Crippen LogP contribution in [0.15, 0.2) is 48.5 Å². The molecule has 8 nitrogen and oxygen atoms in total. The first-order valence-corrected chi connectivity index (χ1v) is 7.78. The number of hydrogen-bond donors (Lipinski definition) is 1. The van der Waals surface area contributed by atoms with E-state index >= 15 is 0 Å². The van der Waals surface area contributed by atoms with Gasteiger partial charge in [0.15, 0.2) is 6.61 Å². The lowest BCUT2D eigenvalue weighted by molar-refractivity contribution is -0.119. The van der Waals surface area contributed by atoms with Crippen LogP contribution >= 0.6 is 0 Å². The fourth-order valence-corrected chi connectivity index (χ4v) is 2.16. The molecular weight excluding hydrogens is 354 g/mol. The van der Waals surface area contributed by atoms with Gasteiger partial charge in [0.2, 0.25) is 0 Å². The Hall–Kier alpha value is -3.68. The minimum Gasteiger partial charge on any atom is -0.465 e. The Bertz CT molecular complexity index is 827. The van der Waals surface area contributed by atoms with E-state index in [9.17, 15) is 19.2 Å². The molecule has 0 aliphatic carbocycles. The normalized spacial score (nSPS) is 9.85. The summed E-state index contributed by atoms with van der Waals surface area (Å²) in [5.41, 5.74) is 0.569. The van der Waals surface area contributed by atoms with Crippen LogP contribution in [0.25, 0.3) is 0 Å². The predicted molar refractivity (Wildman–Crippen MR) is 94.5 cm³/mol. The largest absolute Gasteiger partial charge is 0.465 e. The van der Waals surface area contributed by atoms with Gasteiger partial charge < -0.3 is 19.5 Å². The van der Waals surface area contributed by atoms with E-state index < -0.39 is 30.4 Å². The van der Waals surface area contributed by atoms with Crippen molar-refractivity contribution in [1.82, 2.24) is 0 Å². The van der Waals surface area contributed by atoms with Gasteiger partial charge in [0.25, 0.3) is 5.91 Å². The van der Waals surface area contributed by atoms with Gasteiger partial charge in [0.05, 0.1) is 30.9 Å². The molecular formula is C19H17NO7. The number of anilines is 1. The van der Waals surface area contributed by atoms with Gasteiger partial charge in [0.1, 0.15) is 0 Å². The van der Waals surface area contributed by atoms with Gasteiger partial charge in [0, 0.05) is 5.69 Å². The molecule has 0 saturated heterocycles. The highest BCUT2D eigenvalue weighted by Gasteiger charge is 2.16. The highest BCUT2D eigenvalue weighted by molar-refractivity contribution is 6.00. The van der Waals surface area contributed by atoms with E-state index in [2.05, 4.69) is 14.8 Å². The molecule has 0 atom stereocenters. The predicted octanol–water partition coefficient (Wildman–Crippen LogP) is 2.06. The van der Waals surface area contributed by atoms with Crippen LogP contribution in [-0.2, 0) is 19.0 Å². The van der Waals surface area contributed by atoms with Crippen molar-refractivity contribution in [3.8, 4) is 0 Å². The van der Waals surface area contributed by atoms with Crippen LogP contribution in [0.3, 0.4) is 0 Å². The van der Waals surface area contributed by atoms with E-state index in [0.29, 0.717) is 5.56 Å². The molecule has 140 valence electrons. The standard InChI is InChI=1S/C19H17NO7/c1-25-17(22)13-8-14(18(23)26-2)10-15(9-13)20-16(21)11-27-19(24)12-6-4-3-5-7-12/h3-10H,11H2,1-2H3,(H,20,21). The Morgan fingerprint density at radius 1 is 0.778 bits per heavy atom. The smallest absolute Gasteiger partial charge is 0.338 e. The molecule has 0 aliphatic rings. The Morgan fingerprint density at radius 3 is 1.85 bits per heavy atom. The molecule has 0 unspecified atom stereocenters. The second kappa shape index (κ2) is 9.14. The monoisotopic (exact) mass is 371 g/mol. The number of carbonyl (C=O) groups excluding carboxylic acids is 4. The van der Waals surface area contributed by atoms with Crippen molar-refractivity contribution in [2.24, 2.45) is 0 Å². The molecule has 0 aromatic heterocycles. The second-order valence-electron chi connectivity index (χ2n) is 5.27. The third kappa shape index (κ3) is 5.40. The lowest BCUT2D eigenvalue weighted by Gasteiger charge is -2.10. The molecule has 8 heteroatoms. The average Bonchev–Trinajstić information content (AvgIpc) is 2.71. The Labute approximate surface area is 155 Å². The highest BCUT2D eigenvalue weighted by atomic mass is 16.5. The molecule has 0 radical (unpaired) electrons. The second-order valence-corrected chi connectivity index (χ2v) is 5.27. The summed E-state index contributed by atoms with van der Waals surface area (Å²) < 4.78 is 14.2. The van der Waals surface area contributed by atoms with Gasteiger partial charge in [-0.1, -0.05) is 18.2 Å². The summed E-state index contributed by atoms with van der Waals surface area (Å²) in [5, 5.41) is 2.46. The lowest BCUT2D eigenvalue weighted by Crippen LogP contribution is -2.21. The van der Waals surface area contributed by atoms with Crippen molar-refractivity contribution in [2.45, 2.75) is 0 Å². The molecule has 0 aliphatic heterocycles. The van der Waals surface area contributed by atoms with Gasteiger partial charge in [-0.3, -0.25) is 4.79 Å². The van der Waals surface area contributed by atoms with Crippen LogP contribution in [0.5, 0.6) is 0 Å². The number of nitrogens with one attached hydrogen (secondary N) is 1. The van der Waals surface area contributed by atoms with E-state index in [0.717, 1.165) is 0 Å². The fraction of sp³-hybridized carbons (Fsp3) is 0.158. The molecule has 27 heavy (non-hydrogen) atoms. The maximum Gasteiger partial charge on any atom is 0.338 e. The minimum atomic E-state index is -0.688. The van der Waals surface area contributed by atoms with Crippen LogP contribution in [0.2, 0.25) is 0 Å². The summed E-state index contributed by atoms with van der Waals surface area (Å²) in [7, 11) is 2.38. The van der Waals surface area contributed by atoms with Crippen molar-refractivity contribution < 1.29 is 33.4 Å². The lowest BCUT2D eigenvalue weighted by atomic mass is 10.1. The number of carbonyl (C=O) groups is 4. The van der Waals surface area contributed by atoms with Crippen LogP contribution in [-0.4, -0.2) is 44.6 Å². The number of benzene rings is 2. The van der Waals surface area contributed by atoms with E-state index in [1.807, 2.05) is 0 Å². The van der Waals surface area contributed by atoms with E-state index in [1.165, 1.54) is 32.4 Å². The molecule has 0 saturated carbocycles. The quantitative estimate of drug-likeness (QED) is 0.611. The van der Waals surface area contributed by atoms with Crippen molar-refractivity contribution in [2.75, 3.05) is 26.1 Å². The molecule has 1 amide bonds. The summed E-state index contributed by atoms with van der Waals surface area (Å²) in [6.45, 7) is -0.538. The SMILES string of the molecule is COC(=O)c1cc(NC(=O)COC(=O)c2ccccc2)cc(C(=O)OC)c1. The van der Waals surface area contributed by atoms with Crippen LogP contribution < -0.4 is 5.32 Å². The van der Waals surface area contributed by atoms with E-state index in [4.69, 9.17) is 4.74 Å². The zero-order valence-electron chi connectivity index (χ0n) is 14.7. The zero-order chi connectivity index (χ0) is 19.8. The third-order valence-corrected chi connectivity index (χ3v) is 3.40. The number of ether oxygens (including phenoxy) is 3. The van der Waals surface area contributed by atoms with Crippen molar-refractivity contribution in [3.05, 3.63) is 65.2 Å². The first-order chi connectivity index (χ1) is 12.9. The van der Waals surface area contributed by atoms with E-state index in [1.54, 1.807) is 30.3 Å². The van der Waals surface area contributed by atoms with Gasteiger partial charge in [-0.25, -0.2) is 14.4 Å². The van der Waals surface area contributed by atoms with Crippen LogP contribution in [0.1, 0.15) is 31.1 Å². The van der Waals surface area contributed by atoms with Crippen molar-refractivity contribution >= 4 is 29.5 Å². The highest BCUT2D eigenvalue weighted by Crippen LogP contribution is 2.17. The number of esters is 3. The average molecular weight is 371 g/mol. The van der Waals surface area contributed by atoms with Crippen molar-refractivity contribution in [1.29, 1.82) is 0 Å². The molecule has 0 spiro atoms. The molecule has 0 bridgehead atoms. The molecule has 0 heterocycles. The molecule has 2 aromatic carbocycles. The number of methoxy groups -OCH3 is 2. The zero-order valence-corrected chi connectivity index (χ0v) is 14.7. The Kier molecular flexibility index (Phi) is 6.65. The van der Waals surface area contributed by atoms with Crippen molar-refractivity contribution in [3.63, 3.8) is 0 Å². The first kappa shape index (κ1) is 19.6. The molecule has 2 aromatic rings. The van der Waals surface area contributed by atoms with Crippen LogP contribution in [0.4, 0.5) is 5.69 Å². The van der Waals surface area contributed by atoms with Gasteiger partial charge in [-0.15, -0.1) is 0 Å². The topological polar surface area (TPSA) is 108 Å². The maximum atomic E-state index is 12.0. The molecule has 2 rings (SSSR count). The molecule has 0 fully saturated rings. The first-order valence-electron chi connectivity index (χ1n) is 7.78. The van der Waals surface area contributed by atoms with Gasteiger partial charge in [-0.2, -0.15) is 0 Å². The Balaban J connectivity index is 2.08. The number of rotatable bonds is 6. The Morgan fingerprint density at radius 2 is 1.33 bits per heavy atom. The fourth-order valence-electron chi connectivity index (χ4n) is 2.16. The van der Waals surface area contributed by atoms with Gasteiger partial charge in [-0.05, 0) is 30.3 Å². The molecule has 1 N–H and O–H groups in total. The summed E-state index contributed by atoms with van der Waals surface area (Å²) >= 11 is 0. The minimum absolute atomic E-state index is 0.0528. The third-order valence-electron chi connectivity index (χ3n) is 3.40. The van der Waals surface area contributed by atoms with E-state index in [-0.39, 0.29) is 16.8 Å². The number of amides is 1. The number of hydrogen-bond acceptors (Lipinski definition) is 7. The maximum absolute atomic E-state index is 12.0. The summed E-state index contributed by atoms with van der Waals surface area (Å²) in [4.78, 5) is 47.3. The summed E-state index contributed by atoms with van der Waals surface area (Å²) in [6.07, 6.45) is 0. The summed E-state index contributed by atoms with van der Waals surface area (Å²) in [5.74, 6) is -2.67.